The second-order valence-electron chi connectivity index (χ2n) is 6.56. The highest BCUT2D eigenvalue weighted by molar-refractivity contribution is 6.48. The number of carbonyl (C=O) groups is 1. The van der Waals surface area contributed by atoms with Gasteiger partial charge in [0.2, 0.25) is 0 Å². The number of halogens is 1. The van der Waals surface area contributed by atoms with Gasteiger partial charge < -0.3 is 4.74 Å². The van der Waals surface area contributed by atoms with Crippen LogP contribution in [0.2, 0.25) is 5.02 Å². The van der Waals surface area contributed by atoms with Crippen molar-refractivity contribution < 1.29 is 14.5 Å². The van der Waals surface area contributed by atoms with E-state index >= 15 is 0 Å². The van der Waals surface area contributed by atoms with Crippen molar-refractivity contribution >= 4 is 46.1 Å². The summed E-state index contributed by atoms with van der Waals surface area (Å²) < 4.78 is 5.19. The van der Waals surface area contributed by atoms with E-state index in [0.717, 1.165) is 5.56 Å². The molecule has 0 saturated heterocycles. The summed E-state index contributed by atoms with van der Waals surface area (Å²) in [4.78, 5) is 27.6. The molecule has 0 radical (unpaired) electrons. The summed E-state index contributed by atoms with van der Waals surface area (Å²) in [6.45, 7) is 0. The smallest absolute Gasteiger partial charge is 0.270 e. The lowest BCUT2D eigenvalue weighted by molar-refractivity contribution is -0.384. The van der Waals surface area contributed by atoms with Crippen LogP contribution < -0.4 is 4.74 Å². The van der Waals surface area contributed by atoms with Crippen molar-refractivity contribution in [2.75, 3.05) is 7.11 Å². The molecule has 0 atom stereocenters. The van der Waals surface area contributed by atoms with E-state index in [-0.39, 0.29) is 5.69 Å². The Morgan fingerprint density at radius 2 is 1.70 bits per heavy atom. The number of rotatable bonds is 5. The number of aliphatic imine (C=N–C) groups is 1. The molecule has 1 aliphatic rings. The van der Waals surface area contributed by atoms with Gasteiger partial charge in [0.25, 0.3) is 5.69 Å². The number of aldehydes is 1. The fourth-order valence-electron chi connectivity index (χ4n) is 3.41. The number of non-ortho nitro benzene ring substituents is 1. The van der Waals surface area contributed by atoms with E-state index in [9.17, 15) is 14.9 Å². The molecule has 7 heteroatoms. The number of nitro benzene ring substituents is 1. The van der Waals surface area contributed by atoms with Gasteiger partial charge in [0.15, 0.2) is 6.29 Å². The molecule has 30 heavy (non-hydrogen) atoms. The third-order valence-electron chi connectivity index (χ3n) is 4.83. The first-order valence-corrected chi connectivity index (χ1v) is 9.37. The Bertz CT molecular complexity index is 1210. The van der Waals surface area contributed by atoms with Crippen LogP contribution in [0.3, 0.4) is 0 Å². The van der Waals surface area contributed by atoms with Crippen LogP contribution in [-0.4, -0.2) is 24.0 Å². The van der Waals surface area contributed by atoms with Gasteiger partial charge in [-0.3, -0.25) is 14.9 Å². The molecule has 0 aliphatic heterocycles. The van der Waals surface area contributed by atoms with Crippen molar-refractivity contribution in [1.82, 2.24) is 0 Å². The highest BCUT2D eigenvalue weighted by Crippen LogP contribution is 2.40. The van der Waals surface area contributed by atoms with E-state index in [1.165, 1.54) is 12.1 Å². The van der Waals surface area contributed by atoms with E-state index < -0.39 is 4.92 Å². The molecule has 0 spiro atoms. The van der Waals surface area contributed by atoms with Gasteiger partial charge in [0.05, 0.1) is 23.4 Å². The second kappa shape index (κ2) is 7.93. The van der Waals surface area contributed by atoms with Gasteiger partial charge in [-0.1, -0.05) is 23.7 Å². The lowest BCUT2D eigenvalue weighted by atomic mass is 9.99. The topological polar surface area (TPSA) is 81.8 Å². The first-order valence-electron chi connectivity index (χ1n) is 8.99. The van der Waals surface area contributed by atoms with Crippen LogP contribution >= 0.6 is 11.6 Å². The molecule has 3 aromatic carbocycles. The third kappa shape index (κ3) is 3.49. The number of ether oxygens (including phenoxy) is 1. The van der Waals surface area contributed by atoms with Crippen LogP contribution in [-0.2, 0) is 4.79 Å². The van der Waals surface area contributed by atoms with E-state index in [1.807, 2.05) is 0 Å². The van der Waals surface area contributed by atoms with E-state index in [4.69, 9.17) is 21.3 Å². The minimum absolute atomic E-state index is 0.0887. The third-order valence-corrected chi connectivity index (χ3v) is 5.08. The van der Waals surface area contributed by atoms with Gasteiger partial charge >= 0.3 is 0 Å². The summed E-state index contributed by atoms with van der Waals surface area (Å²) in [6, 6.07) is 18.7. The van der Waals surface area contributed by atoms with Crippen molar-refractivity contribution in [3.8, 4) is 5.75 Å². The van der Waals surface area contributed by atoms with Crippen molar-refractivity contribution in [2.24, 2.45) is 4.99 Å². The largest absolute Gasteiger partial charge is 0.497 e. The van der Waals surface area contributed by atoms with Gasteiger partial charge in [-0.05, 0) is 48.0 Å². The standard InChI is InChI=1S/C23H15ClN2O4/c1-30-18-9-6-16(7-10-18)25-23-19-11-8-17(26(28)29)12-20(19)21(13-27)22(23)14-2-4-15(24)5-3-14/h2-13H,1H3/b25-23+. The molecule has 0 unspecified atom stereocenters. The van der Waals surface area contributed by atoms with E-state index in [1.54, 1.807) is 61.7 Å². The molecule has 0 amide bonds. The molecular formula is C23H15ClN2O4. The number of carbonyl (C=O) groups excluding carboxylic acids is 1. The monoisotopic (exact) mass is 418 g/mol. The van der Waals surface area contributed by atoms with Crippen molar-refractivity contribution in [3.05, 3.63) is 98.6 Å². The van der Waals surface area contributed by atoms with Crippen LogP contribution in [0.15, 0.2) is 71.7 Å². The number of nitrogens with zero attached hydrogens (tertiary/aromatic N) is 2. The number of methoxy groups -OCH3 is 1. The Labute approximate surface area is 177 Å². The molecule has 148 valence electrons. The SMILES string of the molecule is COc1ccc(/N=C2/C(c3ccc(Cl)cc3)=C(C=O)c3cc([N+](=O)[O-])ccc32)cc1. The number of hydrogen-bond donors (Lipinski definition) is 0. The van der Waals surface area contributed by atoms with Gasteiger partial charge in [0.1, 0.15) is 5.75 Å². The summed E-state index contributed by atoms with van der Waals surface area (Å²) in [6.07, 6.45) is 0.711. The van der Waals surface area contributed by atoms with Crippen molar-refractivity contribution in [2.45, 2.75) is 0 Å². The first kappa shape index (κ1) is 19.5. The normalized spacial score (nSPS) is 14.0. The van der Waals surface area contributed by atoms with Crippen molar-refractivity contribution in [1.29, 1.82) is 0 Å². The fraction of sp³-hybridized carbons (Fsp3) is 0.0435. The Morgan fingerprint density at radius 1 is 1.00 bits per heavy atom. The fourth-order valence-corrected chi connectivity index (χ4v) is 3.53. The minimum Gasteiger partial charge on any atom is -0.497 e. The number of fused-ring (bicyclic) bond motifs is 1. The summed E-state index contributed by atoms with van der Waals surface area (Å²) >= 11 is 6.03. The maximum atomic E-state index is 12.1. The number of hydrogen-bond acceptors (Lipinski definition) is 5. The Balaban J connectivity index is 1.96. The number of benzene rings is 3. The molecule has 0 saturated carbocycles. The van der Waals surface area contributed by atoms with Crippen LogP contribution in [0.1, 0.15) is 16.7 Å². The van der Waals surface area contributed by atoms with Crippen LogP contribution in [0.5, 0.6) is 5.75 Å². The Kier molecular flexibility index (Phi) is 5.16. The molecule has 0 aromatic heterocycles. The molecule has 0 bridgehead atoms. The molecule has 3 aromatic rings. The zero-order valence-corrected chi connectivity index (χ0v) is 16.6. The second-order valence-corrected chi connectivity index (χ2v) is 7.00. The minimum atomic E-state index is -0.483. The number of nitro groups is 1. The van der Waals surface area contributed by atoms with Crippen LogP contribution in [0, 0.1) is 10.1 Å². The van der Waals surface area contributed by atoms with E-state index in [0.29, 0.717) is 50.7 Å². The quantitative estimate of drug-likeness (QED) is 0.311. The van der Waals surface area contributed by atoms with Crippen LogP contribution in [0.4, 0.5) is 11.4 Å². The van der Waals surface area contributed by atoms with Gasteiger partial charge in [-0.15, -0.1) is 0 Å². The van der Waals surface area contributed by atoms with Gasteiger partial charge in [0, 0.05) is 39.4 Å². The summed E-state index contributed by atoms with van der Waals surface area (Å²) in [5, 5.41) is 11.8. The maximum Gasteiger partial charge on any atom is 0.270 e. The Morgan fingerprint density at radius 3 is 2.30 bits per heavy atom. The summed E-state index contributed by atoms with van der Waals surface area (Å²) in [5.41, 5.74) is 3.97. The zero-order chi connectivity index (χ0) is 21.3. The highest BCUT2D eigenvalue weighted by Gasteiger charge is 2.30. The molecule has 6 nitrogen and oxygen atoms in total. The zero-order valence-electron chi connectivity index (χ0n) is 15.8. The predicted octanol–water partition coefficient (Wildman–Crippen LogP) is 5.50. The highest BCUT2D eigenvalue weighted by atomic mass is 35.5. The molecular weight excluding hydrogens is 404 g/mol. The summed E-state index contributed by atoms with van der Waals surface area (Å²) in [7, 11) is 1.58. The number of allylic oxidation sites excluding steroid dienone is 2. The summed E-state index contributed by atoms with van der Waals surface area (Å²) in [5.74, 6) is 0.698. The van der Waals surface area contributed by atoms with Gasteiger partial charge in [-0.25, -0.2) is 4.99 Å². The lowest BCUT2D eigenvalue weighted by Gasteiger charge is -2.08. The molecule has 0 heterocycles. The average molecular weight is 419 g/mol. The van der Waals surface area contributed by atoms with E-state index in [2.05, 4.69) is 0 Å². The Hall–Kier alpha value is -3.77. The van der Waals surface area contributed by atoms with Crippen molar-refractivity contribution in [3.63, 3.8) is 0 Å². The maximum absolute atomic E-state index is 12.1. The van der Waals surface area contributed by atoms with Gasteiger partial charge in [-0.2, -0.15) is 0 Å². The first-order chi connectivity index (χ1) is 14.5. The molecule has 4 rings (SSSR count). The van der Waals surface area contributed by atoms with Crippen LogP contribution in [0.25, 0.3) is 11.1 Å². The molecule has 0 fully saturated rings. The molecule has 1 aliphatic carbocycles. The lowest BCUT2D eigenvalue weighted by Crippen LogP contribution is -2.01. The predicted molar refractivity (Wildman–Crippen MR) is 117 cm³/mol. The average Bonchev–Trinajstić information content (AvgIpc) is 3.07. The molecule has 0 N–H and O–H groups in total.